The van der Waals surface area contributed by atoms with Crippen molar-refractivity contribution in [2.24, 2.45) is 0 Å². The van der Waals surface area contributed by atoms with E-state index in [2.05, 4.69) is 10.3 Å². The number of hydrogen-bond donors (Lipinski definition) is 2. The number of benzene rings is 1. The van der Waals surface area contributed by atoms with Gasteiger partial charge < -0.3 is 14.8 Å². The smallest absolute Gasteiger partial charge is 0.306 e. The van der Waals surface area contributed by atoms with Crippen molar-refractivity contribution in [1.82, 2.24) is 14.9 Å². The Morgan fingerprint density at radius 2 is 2.03 bits per heavy atom. The van der Waals surface area contributed by atoms with E-state index in [-0.39, 0.29) is 18.3 Å². The van der Waals surface area contributed by atoms with Crippen molar-refractivity contribution in [3.63, 3.8) is 0 Å². The van der Waals surface area contributed by atoms with Crippen LogP contribution in [0.5, 0.6) is 5.75 Å². The third-order valence-electron chi connectivity index (χ3n) is 4.85. The van der Waals surface area contributed by atoms with E-state index in [0.29, 0.717) is 17.9 Å². The van der Waals surface area contributed by atoms with Crippen molar-refractivity contribution >= 4 is 16.0 Å². The average molecular weight is 439 g/mol. The summed E-state index contributed by atoms with van der Waals surface area (Å²) in [6.45, 7) is 0.407. The van der Waals surface area contributed by atoms with Gasteiger partial charge in [0, 0.05) is 19.5 Å². The number of nitrogens with zero attached hydrogens (tertiary/aromatic N) is 2. The Morgan fingerprint density at radius 1 is 1.33 bits per heavy atom. The first kappa shape index (κ1) is 21.9. The molecule has 0 saturated heterocycles. The number of aromatic nitrogens is 2. The third-order valence-corrected chi connectivity index (χ3v) is 5.32. The Morgan fingerprint density at radius 3 is 2.67 bits per heavy atom. The molecule has 0 bridgehead atoms. The second kappa shape index (κ2) is 8.92. The molecule has 0 spiro atoms. The zero-order chi connectivity index (χ0) is 21.9. The molecule has 1 aliphatic rings. The molecule has 3 N–H and O–H groups in total. The Kier molecular flexibility index (Phi) is 6.52. The fourth-order valence-corrected chi connectivity index (χ4v) is 3.83. The highest BCUT2D eigenvalue weighted by molar-refractivity contribution is 7.86. The number of amides is 1. The summed E-state index contributed by atoms with van der Waals surface area (Å²) in [6, 6.07) is 5.38. The predicted molar refractivity (Wildman–Crippen MR) is 106 cm³/mol. The summed E-state index contributed by atoms with van der Waals surface area (Å²) in [4.78, 5) is 30.2. The summed E-state index contributed by atoms with van der Waals surface area (Å²) in [5.74, 6) is -1.36. The lowest BCUT2D eigenvalue weighted by molar-refractivity contribution is -0.672. The molecule has 0 unspecified atom stereocenters. The van der Waals surface area contributed by atoms with Crippen LogP contribution in [-0.2, 0) is 23.2 Å². The second-order valence-electron chi connectivity index (χ2n) is 7.14. The van der Waals surface area contributed by atoms with Gasteiger partial charge in [-0.25, -0.2) is 9.37 Å². The number of halogens is 1. The molecule has 11 heteroatoms. The summed E-state index contributed by atoms with van der Waals surface area (Å²) in [6.07, 6.45) is 3.16. The highest BCUT2D eigenvalue weighted by Gasteiger charge is 2.30. The number of nitrogens with two attached hydrogens (primary N) is 1. The van der Waals surface area contributed by atoms with Gasteiger partial charge in [0.05, 0.1) is 13.3 Å². The van der Waals surface area contributed by atoms with Gasteiger partial charge in [0.15, 0.2) is 11.5 Å². The molecule has 2 heterocycles. The molecule has 30 heavy (non-hydrogen) atoms. The largest absolute Gasteiger partial charge is 0.374 e. The highest BCUT2D eigenvalue weighted by atomic mass is 32.2. The summed E-state index contributed by atoms with van der Waals surface area (Å²) in [7, 11) is -2.22. The van der Waals surface area contributed by atoms with E-state index >= 15 is 0 Å². The monoisotopic (exact) mass is 439 g/mol. The van der Waals surface area contributed by atoms with E-state index in [1.165, 1.54) is 28.8 Å². The van der Waals surface area contributed by atoms with Crippen LogP contribution in [0.3, 0.4) is 0 Å². The van der Waals surface area contributed by atoms with E-state index in [1.807, 2.05) is 12.4 Å². The first-order valence-electron chi connectivity index (χ1n) is 9.56. The lowest BCUT2D eigenvalue weighted by atomic mass is 10.1. The minimum absolute atomic E-state index is 0.0425. The number of nitrogens with one attached hydrogen (secondary N) is 1. The lowest BCUT2D eigenvalue weighted by Gasteiger charge is -2.17. The van der Waals surface area contributed by atoms with Crippen molar-refractivity contribution < 1.29 is 27.1 Å². The number of hydrogen-bond acceptors (Lipinski definition) is 6. The maximum absolute atomic E-state index is 13.1. The van der Waals surface area contributed by atoms with Crippen molar-refractivity contribution in [3.8, 4) is 5.75 Å². The average Bonchev–Trinajstić information content (AvgIpc) is 2.90. The van der Waals surface area contributed by atoms with Crippen LogP contribution >= 0.6 is 0 Å². The molecule has 0 fully saturated rings. The van der Waals surface area contributed by atoms with Crippen LogP contribution in [0.1, 0.15) is 47.2 Å². The van der Waals surface area contributed by atoms with Crippen LogP contribution in [0.15, 0.2) is 29.1 Å². The van der Waals surface area contributed by atoms with Gasteiger partial charge in [0.25, 0.3) is 11.5 Å². The maximum atomic E-state index is 13.1. The summed E-state index contributed by atoms with van der Waals surface area (Å²) >= 11 is 0. The van der Waals surface area contributed by atoms with E-state index in [4.69, 9.17) is 4.18 Å². The molecule has 1 aliphatic heterocycles. The first-order valence-corrected chi connectivity index (χ1v) is 11.4. The van der Waals surface area contributed by atoms with Gasteiger partial charge in [-0.05, 0) is 30.5 Å². The number of fused-ring (bicyclic) bond motifs is 1. The van der Waals surface area contributed by atoms with Gasteiger partial charge >= 0.3 is 10.1 Å². The minimum atomic E-state index is -4.07. The molecule has 1 aromatic heterocycles. The molecule has 1 atom stereocenters. The highest BCUT2D eigenvalue weighted by Crippen LogP contribution is 2.22. The summed E-state index contributed by atoms with van der Waals surface area (Å²) in [5.41, 5.74) is -0.458. The van der Waals surface area contributed by atoms with E-state index in [0.717, 1.165) is 25.5 Å². The Hall–Kier alpha value is -2.79. The molecule has 162 valence electrons. The Balaban J connectivity index is 2.02. The SMILES string of the molecule is C[NH2+][C@@H]1CCCCn2c1nc(C(=O)NCc1ccc(F)cc1)c(OS(C)(=O)=O)c2=O. The summed E-state index contributed by atoms with van der Waals surface area (Å²) < 4.78 is 42.8. The van der Waals surface area contributed by atoms with Crippen LogP contribution in [0, 0.1) is 5.82 Å². The lowest BCUT2D eigenvalue weighted by Crippen LogP contribution is -2.81. The van der Waals surface area contributed by atoms with Crippen molar-refractivity contribution in [2.45, 2.75) is 38.4 Å². The first-order chi connectivity index (χ1) is 14.2. The topological polar surface area (TPSA) is 124 Å². The maximum Gasteiger partial charge on any atom is 0.306 e. The molecule has 3 rings (SSSR count). The zero-order valence-corrected chi connectivity index (χ0v) is 17.5. The normalized spacial score (nSPS) is 16.4. The molecule has 1 amide bonds. The zero-order valence-electron chi connectivity index (χ0n) is 16.7. The van der Waals surface area contributed by atoms with Gasteiger partial charge in [-0.3, -0.25) is 14.2 Å². The molecule has 0 radical (unpaired) electrons. The van der Waals surface area contributed by atoms with Crippen LogP contribution in [-0.4, -0.2) is 37.2 Å². The molecule has 2 aromatic rings. The number of quaternary nitrogens is 1. The number of carbonyl (C=O) groups is 1. The molecule has 0 saturated carbocycles. The van der Waals surface area contributed by atoms with Crippen molar-refractivity contribution in [2.75, 3.05) is 13.3 Å². The van der Waals surface area contributed by atoms with Gasteiger partial charge in [0.1, 0.15) is 11.9 Å². The quantitative estimate of drug-likeness (QED) is 0.614. The van der Waals surface area contributed by atoms with Crippen molar-refractivity contribution in [3.05, 3.63) is 57.5 Å². The second-order valence-corrected chi connectivity index (χ2v) is 8.71. The predicted octanol–water partition coefficient (Wildman–Crippen LogP) is 0.0690. The molecule has 0 aliphatic carbocycles. The molecule has 1 aromatic carbocycles. The van der Waals surface area contributed by atoms with Gasteiger partial charge in [0.2, 0.25) is 5.75 Å². The molecular weight excluding hydrogens is 415 g/mol. The van der Waals surface area contributed by atoms with Gasteiger partial charge in [-0.15, -0.1) is 0 Å². The van der Waals surface area contributed by atoms with Gasteiger partial charge in [-0.2, -0.15) is 8.42 Å². The van der Waals surface area contributed by atoms with Crippen LogP contribution in [0.25, 0.3) is 0 Å². The van der Waals surface area contributed by atoms with Crippen LogP contribution in [0.4, 0.5) is 4.39 Å². The van der Waals surface area contributed by atoms with E-state index < -0.39 is 33.2 Å². The van der Waals surface area contributed by atoms with Crippen LogP contribution in [0.2, 0.25) is 0 Å². The fraction of sp³-hybridized carbons (Fsp3) is 0.421. The van der Waals surface area contributed by atoms with Crippen LogP contribution < -0.4 is 20.4 Å². The summed E-state index contributed by atoms with van der Waals surface area (Å²) in [5, 5.41) is 4.49. The number of rotatable bonds is 6. The third kappa shape index (κ3) is 5.03. The molecular formula is C19H24FN4O5S+. The van der Waals surface area contributed by atoms with Gasteiger partial charge in [-0.1, -0.05) is 12.1 Å². The standard InChI is InChI=1S/C19H23FN4O5S/c1-21-14-5-3-4-10-24-17(14)23-15(16(19(24)26)29-30(2,27)28)18(25)22-11-12-6-8-13(20)9-7-12/h6-9,14,21H,3-5,10-11H2,1-2H3,(H,22,25)/p+1/t14-/m1/s1. The minimum Gasteiger partial charge on any atom is -0.374 e. The Bertz CT molecular complexity index is 1100. The number of carbonyl (C=O) groups excluding carboxylic acids is 1. The Labute approximate surface area is 173 Å². The fourth-order valence-electron chi connectivity index (χ4n) is 3.38. The van der Waals surface area contributed by atoms with E-state index in [9.17, 15) is 22.4 Å². The van der Waals surface area contributed by atoms with Crippen molar-refractivity contribution in [1.29, 1.82) is 0 Å². The van der Waals surface area contributed by atoms with E-state index in [1.54, 1.807) is 0 Å². The molecule has 9 nitrogen and oxygen atoms in total.